The largest absolute Gasteiger partial charge is 0.497 e. The smallest absolute Gasteiger partial charge is 0.273 e. The molecule has 0 aromatic heterocycles. The van der Waals surface area contributed by atoms with Crippen molar-refractivity contribution in [1.82, 2.24) is 10.2 Å². The lowest BCUT2D eigenvalue weighted by Crippen LogP contribution is -2.53. The zero-order valence-electron chi connectivity index (χ0n) is 25.8. The van der Waals surface area contributed by atoms with Crippen LogP contribution in [0.5, 0.6) is 5.75 Å². The Kier molecular flexibility index (Phi) is 11.2. The van der Waals surface area contributed by atoms with Crippen LogP contribution in [0.25, 0.3) is 0 Å². The van der Waals surface area contributed by atoms with Crippen LogP contribution in [0.15, 0.2) is 77.7 Å². The Bertz CT molecular complexity index is 1590. The van der Waals surface area contributed by atoms with Crippen LogP contribution in [0.1, 0.15) is 50.2 Å². The van der Waals surface area contributed by atoms with E-state index in [2.05, 4.69) is 5.32 Å². The molecule has 11 nitrogen and oxygen atoms in total. The van der Waals surface area contributed by atoms with E-state index in [0.29, 0.717) is 17.7 Å². The first-order valence-electron chi connectivity index (χ1n) is 15.1. The minimum absolute atomic E-state index is 0.0354. The van der Waals surface area contributed by atoms with E-state index in [1.165, 1.54) is 43.2 Å². The summed E-state index contributed by atoms with van der Waals surface area (Å²) < 4.78 is 34.3. The average molecular weight is 637 g/mol. The summed E-state index contributed by atoms with van der Waals surface area (Å²) in [6.07, 6.45) is 5.39. The van der Waals surface area contributed by atoms with Gasteiger partial charge in [-0.25, -0.2) is 8.42 Å². The summed E-state index contributed by atoms with van der Waals surface area (Å²) in [7, 11) is -3.00. The molecule has 1 saturated carbocycles. The third-order valence-electron chi connectivity index (χ3n) is 8.21. The molecule has 240 valence electrons. The Hall–Kier alpha value is -4.45. The maximum absolute atomic E-state index is 14.1. The van der Waals surface area contributed by atoms with Crippen molar-refractivity contribution in [1.29, 1.82) is 0 Å². The third-order valence-corrected chi connectivity index (χ3v) is 9.98. The van der Waals surface area contributed by atoms with Crippen molar-refractivity contribution in [2.24, 2.45) is 0 Å². The summed E-state index contributed by atoms with van der Waals surface area (Å²) in [5, 5.41) is 14.7. The number of anilines is 1. The van der Waals surface area contributed by atoms with E-state index in [4.69, 9.17) is 4.74 Å². The van der Waals surface area contributed by atoms with Crippen molar-refractivity contribution >= 4 is 33.2 Å². The number of benzene rings is 3. The molecule has 0 unspecified atom stereocenters. The molecule has 1 aliphatic carbocycles. The fraction of sp³-hybridized carbons (Fsp3) is 0.394. The van der Waals surface area contributed by atoms with Crippen molar-refractivity contribution in [3.63, 3.8) is 0 Å². The van der Waals surface area contributed by atoms with Gasteiger partial charge in [-0.2, -0.15) is 0 Å². The highest BCUT2D eigenvalue weighted by Crippen LogP contribution is 2.29. The number of carbonyl (C=O) groups excluding carboxylic acids is 2. The zero-order valence-corrected chi connectivity index (χ0v) is 26.7. The SMILES string of the molecule is COc1ccc(N(CC(=O)N(CCc2ccccc2)[C@@H](C)C(=O)NC2CCCCC2)S(=O)(=O)c2ccc(C)c([N+](=O)[O-])c2)cc1. The molecule has 4 rings (SSSR count). The van der Waals surface area contributed by atoms with E-state index in [0.717, 1.165) is 48.0 Å². The van der Waals surface area contributed by atoms with Crippen LogP contribution in [0, 0.1) is 17.0 Å². The molecule has 3 aromatic carbocycles. The second-order valence-corrected chi connectivity index (χ2v) is 13.1. The fourth-order valence-electron chi connectivity index (χ4n) is 5.49. The summed E-state index contributed by atoms with van der Waals surface area (Å²) in [6, 6.07) is 18.5. The van der Waals surface area contributed by atoms with E-state index in [1.54, 1.807) is 19.1 Å². The Morgan fingerprint density at radius 1 is 1.02 bits per heavy atom. The van der Waals surface area contributed by atoms with Crippen LogP contribution in [0.3, 0.4) is 0 Å². The molecule has 1 N–H and O–H groups in total. The summed E-state index contributed by atoms with van der Waals surface area (Å²) in [4.78, 5) is 39.6. The number of nitrogens with zero attached hydrogens (tertiary/aromatic N) is 3. The van der Waals surface area contributed by atoms with Gasteiger partial charge in [-0.1, -0.05) is 55.7 Å². The predicted molar refractivity (Wildman–Crippen MR) is 172 cm³/mol. The van der Waals surface area contributed by atoms with Gasteiger partial charge in [-0.15, -0.1) is 0 Å². The van der Waals surface area contributed by atoms with Gasteiger partial charge in [0.05, 0.1) is 22.6 Å². The second-order valence-electron chi connectivity index (χ2n) is 11.3. The van der Waals surface area contributed by atoms with Crippen molar-refractivity contribution in [2.45, 2.75) is 69.4 Å². The lowest BCUT2D eigenvalue weighted by Gasteiger charge is -2.33. The van der Waals surface area contributed by atoms with Gasteiger partial charge in [0.1, 0.15) is 18.3 Å². The molecule has 0 spiro atoms. The number of nitro benzene ring substituents is 1. The van der Waals surface area contributed by atoms with Gasteiger partial charge < -0.3 is 15.0 Å². The van der Waals surface area contributed by atoms with E-state index >= 15 is 0 Å². The lowest BCUT2D eigenvalue weighted by atomic mass is 9.95. The molecule has 0 heterocycles. The average Bonchev–Trinajstić information content (AvgIpc) is 3.04. The molecule has 1 fully saturated rings. The van der Waals surface area contributed by atoms with E-state index < -0.39 is 33.4 Å². The molecule has 1 aliphatic rings. The van der Waals surface area contributed by atoms with Crippen LogP contribution >= 0.6 is 0 Å². The van der Waals surface area contributed by atoms with Crippen LogP contribution < -0.4 is 14.4 Å². The predicted octanol–water partition coefficient (Wildman–Crippen LogP) is 5.02. The standard InChI is InChI=1S/C33H40N4O7S/c1-24-14-19-30(22-31(24)37(40)41)45(42,43)36(28-15-17-29(44-3)18-16-28)23-32(38)35(21-20-26-10-6-4-7-11-26)25(2)33(39)34-27-12-8-5-9-13-27/h4,6-7,10-11,14-19,22,25,27H,5,8-9,12-13,20-21,23H2,1-3H3,(H,34,39)/t25-/m0/s1. The van der Waals surface area contributed by atoms with Crippen molar-refractivity contribution in [3.8, 4) is 5.75 Å². The summed E-state index contributed by atoms with van der Waals surface area (Å²) in [5.41, 5.74) is 1.07. The maximum atomic E-state index is 14.1. The number of rotatable bonds is 13. The van der Waals surface area contributed by atoms with Gasteiger partial charge in [0, 0.05) is 24.2 Å². The molecule has 12 heteroatoms. The number of methoxy groups -OCH3 is 1. The summed E-state index contributed by atoms with van der Waals surface area (Å²) >= 11 is 0. The topological polar surface area (TPSA) is 139 Å². The second kappa shape index (κ2) is 15.0. The van der Waals surface area contributed by atoms with Crippen LogP contribution in [-0.4, -0.2) is 62.3 Å². The third kappa shape index (κ3) is 8.39. The lowest BCUT2D eigenvalue weighted by molar-refractivity contribution is -0.385. The van der Waals surface area contributed by atoms with Crippen molar-refractivity contribution in [2.75, 3.05) is 24.5 Å². The number of hydrogen-bond acceptors (Lipinski definition) is 7. The van der Waals surface area contributed by atoms with Crippen molar-refractivity contribution < 1.29 is 27.7 Å². The van der Waals surface area contributed by atoms with Gasteiger partial charge in [-0.3, -0.25) is 24.0 Å². The number of aryl methyl sites for hydroxylation is 1. The number of amides is 2. The quantitative estimate of drug-likeness (QED) is 0.205. The molecule has 0 bridgehead atoms. The number of nitro groups is 1. The number of ether oxygens (including phenoxy) is 1. The Morgan fingerprint density at radius 3 is 2.31 bits per heavy atom. The molecule has 0 saturated heterocycles. The highest BCUT2D eigenvalue weighted by molar-refractivity contribution is 7.92. The van der Waals surface area contributed by atoms with Gasteiger partial charge >= 0.3 is 0 Å². The van der Waals surface area contributed by atoms with Crippen LogP contribution in [0.4, 0.5) is 11.4 Å². The number of nitrogens with one attached hydrogen (secondary N) is 1. The summed E-state index contributed by atoms with van der Waals surface area (Å²) in [6.45, 7) is 2.71. The normalized spacial score (nSPS) is 14.3. The molecule has 0 aliphatic heterocycles. The first kappa shape index (κ1) is 33.4. The first-order chi connectivity index (χ1) is 21.5. The Balaban J connectivity index is 1.69. The maximum Gasteiger partial charge on any atom is 0.273 e. The number of sulfonamides is 1. The Labute approximate surface area is 264 Å². The van der Waals surface area contributed by atoms with Gasteiger partial charge in [0.15, 0.2) is 0 Å². The van der Waals surface area contributed by atoms with Gasteiger partial charge in [0.25, 0.3) is 15.7 Å². The van der Waals surface area contributed by atoms with E-state index in [1.807, 2.05) is 30.3 Å². The number of hydrogen-bond donors (Lipinski definition) is 1. The minimum Gasteiger partial charge on any atom is -0.497 e. The first-order valence-corrected chi connectivity index (χ1v) is 16.5. The fourth-order valence-corrected chi connectivity index (χ4v) is 6.92. The molecule has 3 aromatic rings. The molecular formula is C33H40N4O7S. The summed E-state index contributed by atoms with van der Waals surface area (Å²) in [5.74, 6) is -0.402. The Morgan fingerprint density at radius 2 is 1.69 bits per heavy atom. The van der Waals surface area contributed by atoms with Gasteiger partial charge in [0.2, 0.25) is 11.8 Å². The zero-order chi connectivity index (χ0) is 32.6. The van der Waals surface area contributed by atoms with E-state index in [9.17, 15) is 28.1 Å². The molecular weight excluding hydrogens is 596 g/mol. The van der Waals surface area contributed by atoms with Crippen molar-refractivity contribution in [3.05, 3.63) is 94.0 Å². The minimum atomic E-state index is -4.47. The molecule has 2 amide bonds. The molecule has 0 radical (unpaired) electrons. The van der Waals surface area contributed by atoms with Crippen LogP contribution in [-0.2, 0) is 26.0 Å². The highest BCUT2D eigenvalue weighted by Gasteiger charge is 2.34. The number of carbonyl (C=O) groups is 2. The van der Waals surface area contributed by atoms with E-state index in [-0.39, 0.29) is 34.8 Å². The molecule has 45 heavy (non-hydrogen) atoms. The van der Waals surface area contributed by atoms with Crippen LogP contribution in [0.2, 0.25) is 0 Å². The monoisotopic (exact) mass is 636 g/mol. The highest BCUT2D eigenvalue weighted by atomic mass is 32.2. The van der Waals surface area contributed by atoms with Gasteiger partial charge in [-0.05, 0) is 69.0 Å². The molecule has 1 atom stereocenters.